The third-order valence-electron chi connectivity index (χ3n) is 2.67. The lowest BCUT2D eigenvalue weighted by atomic mass is 10.2. The number of hydrogen-bond donors (Lipinski definition) is 1. The highest BCUT2D eigenvalue weighted by atomic mass is 79.9. The maximum atomic E-state index is 5.77. The zero-order valence-electron chi connectivity index (χ0n) is 10.5. The van der Waals surface area contributed by atoms with Gasteiger partial charge in [0.2, 0.25) is 0 Å². The Morgan fingerprint density at radius 3 is 2.89 bits per heavy atom. The molecule has 0 aliphatic heterocycles. The summed E-state index contributed by atoms with van der Waals surface area (Å²) in [6.07, 6.45) is 3.58. The Bertz CT molecular complexity index is 525. The minimum atomic E-state index is 0.514. The number of nitrogens with zero attached hydrogens (tertiary/aromatic N) is 2. The Hall–Kier alpha value is -1.33. The van der Waals surface area contributed by atoms with Gasteiger partial charge in [-0.1, -0.05) is 6.07 Å². The van der Waals surface area contributed by atoms with Crippen molar-refractivity contribution in [2.24, 2.45) is 7.05 Å². The summed E-state index contributed by atoms with van der Waals surface area (Å²) in [7, 11) is 3.89. The normalized spacial score (nSPS) is 10.6. The molecule has 18 heavy (non-hydrogen) atoms. The summed E-state index contributed by atoms with van der Waals surface area (Å²) in [5.74, 6) is 0.844. The van der Waals surface area contributed by atoms with Gasteiger partial charge in [0.05, 0.1) is 22.7 Å². The molecule has 96 valence electrons. The Balaban J connectivity index is 2.03. The quantitative estimate of drug-likeness (QED) is 0.922. The number of rotatable bonds is 5. The second-order valence-corrected chi connectivity index (χ2v) is 4.93. The van der Waals surface area contributed by atoms with Gasteiger partial charge >= 0.3 is 0 Å². The van der Waals surface area contributed by atoms with Gasteiger partial charge in [-0.2, -0.15) is 0 Å². The molecule has 0 bridgehead atoms. The molecule has 5 heteroatoms. The summed E-state index contributed by atoms with van der Waals surface area (Å²) in [6.45, 7) is 1.36. The molecule has 0 amide bonds. The molecule has 1 N–H and O–H groups in total. The molecule has 0 saturated carbocycles. The van der Waals surface area contributed by atoms with Crippen LogP contribution in [0.5, 0.6) is 5.75 Å². The third kappa shape index (κ3) is 3.11. The van der Waals surface area contributed by atoms with E-state index in [1.165, 1.54) is 5.56 Å². The van der Waals surface area contributed by atoms with E-state index in [1.54, 1.807) is 6.33 Å². The van der Waals surface area contributed by atoms with Crippen molar-refractivity contribution in [1.82, 2.24) is 14.9 Å². The number of aryl methyl sites for hydroxylation is 1. The Morgan fingerprint density at radius 1 is 1.44 bits per heavy atom. The highest BCUT2D eigenvalue weighted by Crippen LogP contribution is 2.26. The topological polar surface area (TPSA) is 39.1 Å². The first kappa shape index (κ1) is 13.1. The fourth-order valence-electron chi connectivity index (χ4n) is 1.65. The van der Waals surface area contributed by atoms with Crippen LogP contribution in [0.25, 0.3) is 0 Å². The molecule has 0 unspecified atom stereocenters. The van der Waals surface area contributed by atoms with Gasteiger partial charge in [-0.05, 0) is 40.7 Å². The lowest BCUT2D eigenvalue weighted by Gasteiger charge is -2.10. The summed E-state index contributed by atoms with van der Waals surface area (Å²) in [6, 6.07) is 6.10. The summed E-state index contributed by atoms with van der Waals surface area (Å²) >= 11 is 3.52. The van der Waals surface area contributed by atoms with Gasteiger partial charge in [-0.3, -0.25) is 0 Å². The Kier molecular flexibility index (Phi) is 4.38. The molecule has 1 aromatic carbocycles. The van der Waals surface area contributed by atoms with Gasteiger partial charge in [0.25, 0.3) is 0 Å². The molecule has 2 aromatic rings. The molecule has 0 aliphatic rings. The zero-order chi connectivity index (χ0) is 13.0. The number of halogens is 1. The molecular weight excluding hydrogens is 294 g/mol. The summed E-state index contributed by atoms with van der Waals surface area (Å²) in [5, 5.41) is 3.12. The van der Waals surface area contributed by atoms with Crippen LogP contribution in [0.4, 0.5) is 0 Å². The number of nitrogens with one attached hydrogen (secondary N) is 1. The Morgan fingerprint density at radius 2 is 2.28 bits per heavy atom. The molecule has 1 aromatic heterocycles. The van der Waals surface area contributed by atoms with Gasteiger partial charge in [-0.15, -0.1) is 0 Å². The summed E-state index contributed by atoms with van der Waals surface area (Å²) < 4.78 is 8.68. The Labute approximate surface area is 115 Å². The number of ether oxygens (including phenoxy) is 1. The van der Waals surface area contributed by atoms with E-state index in [0.29, 0.717) is 6.61 Å². The maximum absolute atomic E-state index is 5.77. The molecule has 0 saturated heterocycles. The number of aromatic nitrogens is 2. The van der Waals surface area contributed by atoms with E-state index < -0.39 is 0 Å². The van der Waals surface area contributed by atoms with Crippen molar-refractivity contribution in [2.75, 3.05) is 7.05 Å². The van der Waals surface area contributed by atoms with Crippen molar-refractivity contribution in [1.29, 1.82) is 0 Å². The van der Waals surface area contributed by atoms with E-state index in [1.807, 2.05) is 30.9 Å². The molecule has 4 nitrogen and oxygen atoms in total. The fraction of sp³-hybridized carbons (Fsp3) is 0.308. The largest absolute Gasteiger partial charge is 0.486 e. The van der Waals surface area contributed by atoms with Crippen LogP contribution in [0.15, 0.2) is 35.2 Å². The number of benzene rings is 1. The lowest BCUT2D eigenvalue weighted by molar-refractivity contribution is 0.295. The highest BCUT2D eigenvalue weighted by Gasteiger charge is 2.04. The molecule has 0 spiro atoms. The van der Waals surface area contributed by atoms with Crippen LogP contribution < -0.4 is 10.1 Å². The number of imidazole rings is 1. The monoisotopic (exact) mass is 309 g/mol. The second kappa shape index (κ2) is 6.02. The first-order valence-corrected chi connectivity index (χ1v) is 6.51. The van der Waals surface area contributed by atoms with Crippen molar-refractivity contribution < 1.29 is 4.74 Å². The standard InChI is InChI=1S/C13H16BrN3O/c1-15-6-10-3-4-13(12(14)5-10)18-8-11-7-16-9-17(11)2/h3-5,7,9,15H,6,8H2,1-2H3. The van der Waals surface area contributed by atoms with Gasteiger partial charge in [-0.25, -0.2) is 4.98 Å². The number of hydrogen-bond acceptors (Lipinski definition) is 3. The summed E-state index contributed by atoms with van der Waals surface area (Å²) in [4.78, 5) is 4.06. The van der Waals surface area contributed by atoms with E-state index in [9.17, 15) is 0 Å². The smallest absolute Gasteiger partial charge is 0.134 e. The highest BCUT2D eigenvalue weighted by molar-refractivity contribution is 9.10. The van der Waals surface area contributed by atoms with Gasteiger partial charge < -0.3 is 14.6 Å². The minimum absolute atomic E-state index is 0.514. The van der Waals surface area contributed by atoms with Crippen LogP contribution in [0.1, 0.15) is 11.3 Å². The molecule has 0 aliphatic carbocycles. The van der Waals surface area contributed by atoms with E-state index in [-0.39, 0.29) is 0 Å². The van der Waals surface area contributed by atoms with E-state index in [2.05, 4.69) is 38.4 Å². The molecule has 2 rings (SSSR count). The van der Waals surface area contributed by atoms with E-state index >= 15 is 0 Å². The molecule has 0 fully saturated rings. The van der Waals surface area contributed by atoms with Gasteiger partial charge in [0, 0.05) is 13.6 Å². The van der Waals surface area contributed by atoms with Crippen LogP contribution in [0, 0.1) is 0 Å². The van der Waals surface area contributed by atoms with Crippen molar-refractivity contribution in [3.8, 4) is 5.75 Å². The van der Waals surface area contributed by atoms with Crippen LogP contribution in [-0.4, -0.2) is 16.6 Å². The molecule has 0 radical (unpaired) electrons. The van der Waals surface area contributed by atoms with Crippen LogP contribution in [0.2, 0.25) is 0 Å². The van der Waals surface area contributed by atoms with Gasteiger partial charge in [0.1, 0.15) is 12.4 Å². The zero-order valence-corrected chi connectivity index (χ0v) is 12.1. The van der Waals surface area contributed by atoms with Crippen molar-refractivity contribution >= 4 is 15.9 Å². The van der Waals surface area contributed by atoms with Crippen molar-refractivity contribution in [2.45, 2.75) is 13.2 Å². The molecule has 0 atom stereocenters. The SMILES string of the molecule is CNCc1ccc(OCc2cncn2C)c(Br)c1. The minimum Gasteiger partial charge on any atom is -0.486 e. The predicted molar refractivity (Wildman–Crippen MR) is 74.4 cm³/mol. The fourth-order valence-corrected chi connectivity index (χ4v) is 2.19. The van der Waals surface area contributed by atoms with E-state index in [0.717, 1.165) is 22.5 Å². The van der Waals surface area contributed by atoms with Crippen molar-refractivity contribution in [3.05, 3.63) is 46.5 Å². The van der Waals surface area contributed by atoms with Crippen LogP contribution >= 0.6 is 15.9 Å². The van der Waals surface area contributed by atoms with Crippen LogP contribution in [0.3, 0.4) is 0 Å². The molecular formula is C13H16BrN3O. The predicted octanol–water partition coefficient (Wildman–Crippen LogP) is 2.48. The summed E-state index contributed by atoms with van der Waals surface area (Å²) in [5.41, 5.74) is 2.26. The lowest BCUT2D eigenvalue weighted by Crippen LogP contribution is -2.05. The third-order valence-corrected chi connectivity index (χ3v) is 3.29. The first-order chi connectivity index (χ1) is 8.70. The second-order valence-electron chi connectivity index (χ2n) is 4.08. The van der Waals surface area contributed by atoms with Crippen molar-refractivity contribution in [3.63, 3.8) is 0 Å². The average Bonchev–Trinajstić information content (AvgIpc) is 2.74. The van der Waals surface area contributed by atoms with E-state index in [4.69, 9.17) is 4.74 Å². The van der Waals surface area contributed by atoms with Crippen LogP contribution in [-0.2, 0) is 20.2 Å². The van der Waals surface area contributed by atoms with Gasteiger partial charge in [0.15, 0.2) is 0 Å². The molecule has 1 heterocycles. The first-order valence-electron chi connectivity index (χ1n) is 5.71. The maximum Gasteiger partial charge on any atom is 0.134 e. The average molecular weight is 310 g/mol.